The summed E-state index contributed by atoms with van der Waals surface area (Å²) in [6.45, 7) is 2.33. The van der Waals surface area contributed by atoms with E-state index in [0.29, 0.717) is 11.6 Å². The lowest BCUT2D eigenvalue weighted by molar-refractivity contribution is 0.117. The van der Waals surface area contributed by atoms with E-state index < -0.39 is 14.0 Å². The molecule has 0 heterocycles. The highest BCUT2D eigenvalue weighted by molar-refractivity contribution is 7.73. The SMILES string of the molecule is C[C@@H](N[C@@H](c1ccccc1)[C@@H](O)c1ccccc1)[C@@H]1CCCC1P(c1ccccc1)c1ccccc1. The minimum absolute atomic E-state index is 0.162. The first-order valence-corrected chi connectivity index (χ1v) is 14.6. The average molecular weight is 494 g/mol. The molecule has 5 atom stereocenters. The number of benzene rings is 4. The van der Waals surface area contributed by atoms with Crippen LogP contribution in [0.15, 0.2) is 121 Å². The van der Waals surface area contributed by atoms with Gasteiger partial charge >= 0.3 is 0 Å². The number of hydrogen-bond acceptors (Lipinski definition) is 2. The van der Waals surface area contributed by atoms with Crippen LogP contribution in [-0.4, -0.2) is 16.8 Å². The van der Waals surface area contributed by atoms with E-state index in [1.165, 1.54) is 29.9 Å². The highest BCUT2D eigenvalue weighted by Gasteiger charge is 2.39. The maximum Gasteiger partial charge on any atom is 0.0984 e. The van der Waals surface area contributed by atoms with Gasteiger partial charge in [-0.25, -0.2) is 0 Å². The second kappa shape index (κ2) is 12.0. The summed E-state index contributed by atoms with van der Waals surface area (Å²) < 4.78 is 0. The average Bonchev–Trinajstić information content (AvgIpc) is 3.43. The normalized spacial score (nSPS) is 20.2. The van der Waals surface area contributed by atoms with Gasteiger partial charge in [0.25, 0.3) is 0 Å². The quantitative estimate of drug-likeness (QED) is 0.253. The fourth-order valence-electron chi connectivity index (χ4n) is 5.86. The van der Waals surface area contributed by atoms with Gasteiger partial charge in [0.15, 0.2) is 0 Å². The molecule has 0 aromatic heterocycles. The lowest BCUT2D eigenvalue weighted by atomic mass is 9.92. The molecule has 36 heavy (non-hydrogen) atoms. The second-order valence-corrected chi connectivity index (χ2v) is 12.3. The smallest absolute Gasteiger partial charge is 0.0984 e. The first kappa shape index (κ1) is 24.9. The highest BCUT2D eigenvalue weighted by atomic mass is 31.1. The predicted molar refractivity (Wildman–Crippen MR) is 153 cm³/mol. The Kier molecular flexibility index (Phi) is 8.29. The zero-order valence-electron chi connectivity index (χ0n) is 20.9. The Labute approximate surface area is 217 Å². The van der Waals surface area contributed by atoms with Crippen LogP contribution in [0.1, 0.15) is 49.5 Å². The Morgan fingerprint density at radius 1 is 0.667 bits per heavy atom. The molecular weight excluding hydrogens is 457 g/mol. The van der Waals surface area contributed by atoms with E-state index >= 15 is 0 Å². The van der Waals surface area contributed by atoms with Crippen LogP contribution in [-0.2, 0) is 0 Å². The summed E-state index contributed by atoms with van der Waals surface area (Å²) in [7, 11) is -0.465. The Bertz CT molecular complexity index is 1150. The maximum absolute atomic E-state index is 11.5. The van der Waals surface area contributed by atoms with Gasteiger partial charge in [-0.15, -0.1) is 0 Å². The highest BCUT2D eigenvalue weighted by Crippen LogP contribution is 2.51. The third-order valence-corrected chi connectivity index (χ3v) is 10.6. The standard InChI is InChI=1S/C33H36NOP/c1-25(34-32(26-15-6-2-7-16-26)33(35)27-17-8-3-9-18-27)30-23-14-24-31(30)36(28-19-10-4-11-20-28)29-21-12-5-13-22-29/h2-13,15-22,25,30-35H,14,23-24H2,1H3/t25-,30+,31?,32+,33+/m1/s1. The largest absolute Gasteiger partial charge is 0.386 e. The van der Waals surface area contributed by atoms with Crippen LogP contribution in [0.3, 0.4) is 0 Å². The van der Waals surface area contributed by atoms with Gasteiger partial charge in [0, 0.05) is 6.04 Å². The Morgan fingerprint density at radius 2 is 1.14 bits per heavy atom. The fourth-order valence-corrected chi connectivity index (χ4v) is 9.14. The number of rotatable bonds is 9. The van der Waals surface area contributed by atoms with E-state index in [1.807, 2.05) is 36.4 Å². The molecule has 0 bridgehead atoms. The third-order valence-electron chi connectivity index (χ3n) is 7.63. The van der Waals surface area contributed by atoms with Gasteiger partial charge in [-0.3, -0.25) is 0 Å². The molecule has 1 fully saturated rings. The van der Waals surface area contributed by atoms with Crippen molar-refractivity contribution in [3.8, 4) is 0 Å². The lowest BCUT2D eigenvalue weighted by Gasteiger charge is -2.36. The fraction of sp³-hybridized carbons (Fsp3) is 0.273. The van der Waals surface area contributed by atoms with Crippen molar-refractivity contribution in [2.24, 2.45) is 5.92 Å². The van der Waals surface area contributed by atoms with Crippen LogP contribution in [0.4, 0.5) is 0 Å². The zero-order valence-corrected chi connectivity index (χ0v) is 21.8. The van der Waals surface area contributed by atoms with E-state index in [4.69, 9.17) is 0 Å². The monoisotopic (exact) mass is 493 g/mol. The van der Waals surface area contributed by atoms with Crippen LogP contribution < -0.4 is 15.9 Å². The molecule has 2 N–H and O–H groups in total. The number of hydrogen-bond donors (Lipinski definition) is 2. The van der Waals surface area contributed by atoms with E-state index in [1.54, 1.807) is 0 Å². The molecule has 0 amide bonds. The Hall–Kier alpha value is -2.77. The summed E-state index contributed by atoms with van der Waals surface area (Å²) in [5, 5.41) is 18.3. The van der Waals surface area contributed by atoms with Crippen molar-refractivity contribution in [3.05, 3.63) is 132 Å². The van der Waals surface area contributed by atoms with Gasteiger partial charge in [0.1, 0.15) is 0 Å². The van der Waals surface area contributed by atoms with Gasteiger partial charge < -0.3 is 10.4 Å². The summed E-state index contributed by atoms with van der Waals surface area (Å²) >= 11 is 0. The lowest BCUT2D eigenvalue weighted by Crippen LogP contribution is -2.42. The van der Waals surface area contributed by atoms with Gasteiger partial charge in [-0.1, -0.05) is 128 Å². The molecule has 2 nitrogen and oxygen atoms in total. The van der Waals surface area contributed by atoms with Crippen LogP contribution in [0.5, 0.6) is 0 Å². The van der Waals surface area contributed by atoms with Crippen molar-refractivity contribution in [2.45, 2.75) is 50.0 Å². The molecule has 4 aromatic carbocycles. The molecule has 4 aromatic rings. The first-order valence-electron chi connectivity index (χ1n) is 13.2. The number of aliphatic hydroxyl groups is 1. The number of nitrogens with one attached hydrogen (secondary N) is 1. The van der Waals surface area contributed by atoms with Crippen LogP contribution in [0.25, 0.3) is 0 Å². The maximum atomic E-state index is 11.5. The van der Waals surface area contributed by atoms with Crippen molar-refractivity contribution in [1.29, 1.82) is 0 Å². The molecule has 184 valence electrons. The molecule has 1 aliphatic rings. The summed E-state index contributed by atoms with van der Waals surface area (Å²) in [5.74, 6) is 0.547. The predicted octanol–water partition coefficient (Wildman–Crippen LogP) is 6.74. The molecule has 0 saturated heterocycles. The molecule has 3 heteroatoms. The van der Waals surface area contributed by atoms with E-state index in [0.717, 1.165) is 11.1 Å². The summed E-state index contributed by atoms with van der Waals surface area (Å²) in [4.78, 5) is 0. The van der Waals surface area contributed by atoms with Crippen molar-refractivity contribution in [1.82, 2.24) is 5.32 Å². The van der Waals surface area contributed by atoms with Crippen LogP contribution in [0, 0.1) is 5.92 Å². The van der Waals surface area contributed by atoms with Gasteiger partial charge in [-0.05, 0) is 61.0 Å². The zero-order chi connectivity index (χ0) is 24.7. The molecule has 1 saturated carbocycles. The summed E-state index contributed by atoms with van der Waals surface area (Å²) in [6.07, 6.45) is 3.13. The van der Waals surface area contributed by atoms with Crippen molar-refractivity contribution in [3.63, 3.8) is 0 Å². The van der Waals surface area contributed by atoms with Crippen molar-refractivity contribution >= 4 is 18.5 Å². The first-order chi connectivity index (χ1) is 17.7. The van der Waals surface area contributed by atoms with E-state index in [-0.39, 0.29) is 12.1 Å². The van der Waals surface area contributed by atoms with Gasteiger partial charge in [0.2, 0.25) is 0 Å². The van der Waals surface area contributed by atoms with Gasteiger partial charge in [-0.2, -0.15) is 0 Å². The Balaban J connectivity index is 1.44. The van der Waals surface area contributed by atoms with Crippen LogP contribution in [0.2, 0.25) is 0 Å². The molecule has 5 rings (SSSR count). The molecule has 0 spiro atoms. The molecular formula is C33H36NOP. The third kappa shape index (κ3) is 5.62. The minimum atomic E-state index is -0.610. The van der Waals surface area contributed by atoms with Gasteiger partial charge in [0.05, 0.1) is 12.1 Å². The second-order valence-electron chi connectivity index (χ2n) is 9.90. The van der Waals surface area contributed by atoms with E-state index in [9.17, 15) is 5.11 Å². The summed E-state index contributed by atoms with van der Waals surface area (Å²) in [5.41, 5.74) is 2.69. The van der Waals surface area contributed by atoms with Crippen LogP contribution >= 0.6 is 7.92 Å². The minimum Gasteiger partial charge on any atom is -0.386 e. The topological polar surface area (TPSA) is 32.3 Å². The van der Waals surface area contributed by atoms with Crippen molar-refractivity contribution in [2.75, 3.05) is 0 Å². The van der Waals surface area contributed by atoms with Crippen molar-refractivity contribution < 1.29 is 5.11 Å². The van der Waals surface area contributed by atoms with E-state index in [2.05, 4.69) is 97.2 Å². The molecule has 1 aliphatic carbocycles. The number of aliphatic hydroxyl groups excluding tert-OH is 1. The molecule has 0 aliphatic heterocycles. The molecule has 0 radical (unpaired) electrons. The summed E-state index contributed by atoms with van der Waals surface area (Å²) in [6, 6.07) is 42.8. The molecule has 1 unspecified atom stereocenters. The Morgan fingerprint density at radius 3 is 1.67 bits per heavy atom.